The van der Waals surface area contributed by atoms with Gasteiger partial charge in [-0.05, 0) is 95.0 Å². The summed E-state index contributed by atoms with van der Waals surface area (Å²) >= 11 is 0. The zero-order chi connectivity index (χ0) is 20.1. The first-order chi connectivity index (χ1) is 14.1. The molecule has 5 nitrogen and oxygen atoms in total. The molecule has 4 rings (SSSR count). The van der Waals surface area contributed by atoms with E-state index in [-0.39, 0.29) is 0 Å². The number of hydrogen-bond acceptors (Lipinski definition) is 5. The summed E-state index contributed by atoms with van der Waals surface area (Å²) < 4.78 is 5.84. The van der Waals surface area contributed by atoms with Gasteiger partial charge >= 0.3 is 0 Å². The minimum atomic E-state index is -0.414. The third-order valence-electron chi connectivity index (χ3n) is 7.25. The van der Waals surface area contributed by atoms with Gasteiger partial charge in [-0.3, -0.25) is 4.90 Å². The number of nitrogens with zero attached hydrogens (tertiary/aromatic N) is 3. The lowest BCUT2D eigenvalue weighted by Gasteiger charge is -2.37. The van der Waals surface area contributed by atoms with Gasteiger partial charge in [0.2, 0.25) is 0 Å². The van der Waals surface area contributed by atoms with E-state index in [9.17, 15) is 5.11 Å². The maximum atomic E-state index is 10.3. The summed E-state index contributed by atoms with van der Waals surface area (Å²) in [6.45, 7) is 9.35. The molecule has 0 aliphatic carbocycles. The van der Waals surface area contributed by atoms with E-state index in [1.165, 1.54) is 70.3 Å². The summed E-state index contributed by atoms with van der Waals surface area (Å²) in [4.78, 5) is 7.45. The monoisotopic (exact) mass is 401 g/mol. The van der Waals surface area contributed by atoms with Crippen LogP contribution in [-0.2, 0) is 6.54 Å². The van der Waals surface area contributed by atoms with Gasteiger partial charge < -0.3 is 19.6 Å². The molecule has 29 heavy (non-hydrogen) atoms. The van der Waals surface area contributed by atoms with Crippen LogP contribution in [0.5, 0.6) is 5.75 Å². The number of rotatable bonds is 7. The number of hydrogen-bond donors (Lipinski definition) is 1. The van der Waals surface area contributed by atoms with Crippen molar-refractivity contribution >= 4 is 0 Å². The molecular formula is C24H39N3O2. The summed E-state index contributed by atoms with van der Waals surface area (Å²) in [5, 5.41) is 10.3. The Labute approximate surface area is 176 Å². The molecule has 3 aliphatic rings. The standard InChI is InChI=1S/C24H39N3O2/c1-25-14-9-24(10-15-25)11-16-27(20-24)17-21-5-7-23(8-6-21)29-19-22(28)18-26-12-3-2-4-13-26/h5-8,22,28H,2-4,9-20H2,1H3. The van der Waals surface area contributed by atoms with E-state index in [0.29, 0.717) is 12.0 Å². The van der Waals surface area contributed by atoms with Crippen LogP contribution in [0.25, 0.3) is 0 Å². The molecule has 1 N–H and O–H groups in total. The third kappa shape index (κ3) is 5.94. The highest BCUT2D eigenvalue weighted by molar-refractivity contribution is 5.27. The van der Waals surface area contributed by atoms with Gasteiger partial charge in [-0.1, -0.05) is 18.6 Å². The van der Waals surface area contributed by atoms with Crippen molar-refractivity contribution in [3.8, 4) is 5.75 Å². The van der Waals surface area contributed by atoms with Gasteiger partial charge in [-0.25, -0.2) is 0 Å². The largest absolute Gasteiger partial charge is 0.491 e. The first-order valence-corrected chi connectivity index (χ1v) is 11.6. The van der Waals surface area contributed by atoms with Crippen LogP contribution in [0.1, 0.15) is 44.1 Å². The Morgan fingerprint density at radius 1 is 0.931 bits per heavy atom. The van der Waals surface area contributed by atoms with Gasteiger partial charge in [-0.2, -0.15) is 0 Å². The van der Waals surface area contributed by atoms with Gasteiger partial charge in [-0.15, -0.1) is 0 Å². The Kier molecular flexibility index (Phi) is 7.12. The Morgan fingerprint density at radius 3 is 2.34 bits per heavy atom. The maximum Gasteiger partial charge on any atom is 0.119 e. The average Bonchev–Trinajstić information content (AvgIpc) is 3.13. The molecule has 0 aromatic heterocycles. The summed E-state index contributed by atoms with van der Waals surface area (Å²) in [5.74, 6) is 0.861. The van der Waals surface area contributed by atoms with Crippen molar-refractivity contribution in [2.75, 3.05) is 59.5 Å². The van der Waals surface area contributed by atoms with Crippen LogP contribution in [0.2, 0.25) is 0 Å². The fraction of sp³-hybridized carbons (Fsp3) is 0.750. The molecule has 3 fully saturated rings. The van der Waals surface area contributed by atoms with E-state index in [0.717, 1.165) is 31.9 Å². The third-order valence-corrected chi connectivity index (χ3v) is 7.25. The molecule has 0 amide bonds. The first-order valence-electron chi connectivity index (χ1n) is 11.6. The fourth-order valence-electron chi connectivity index (χ4n) is 5.30. The lowest BCUT2D eigenvalue weighted by Crippen LogP contribution is -2.39. The number of likely N-dealkylation sites (tertiary alicyclic amines) is 3. The molecule has 3 aliphatic heterocycles. The quantitative estimate of drug-likeness (QED) is 0.761. The van der Waals surface area contributed by atoms with Gasteiger partial charge in [0.05, 0.1) is 0 Å². The highest BCUT2D eigenvalue weighted by Crippen LogP contribution is 2.40. The Morgan fingerprint density at radius 2 is 1.62 bits per heavy atom. The lowest BCUT2D eigenvalue weighted by atomic mass is 9.78. The number of aliphatic hydroxyl groups is 1. The summed E-state index contributed by atoms with van der Waals surface area (Å²) in [6, 6.07) is 8.49. The molecule has 5 heteroatoms. The molecule has 1 aromatic rings. The molecule has 1 atom stereocenters. The summed E-state index contributed by atoms with van der Waals surface area (Å²) in [6.07, 6.45) is 7.48. The lowest BCUT2D eigenvalue weighted by molar-refractivity contribution is 0.0617. The van der Waals surface area contributed by atoms with Crippen molar-refractivity contribution in [1.82, 2.24) is 14.7 Å². The van der Waals surface area contributed by atoms with Crippen LogP contribution in [0.15, 0.2) is 24.3 Å². The zero-order valence-electron chi connectivity index (χ0n) is 18.2. The number of piperidine rings is 2. The second-order valence-corrected chi connectivity index (χ2v) is 9.73. The van der Waals surface area contributed by atoms with Gasteiger partial charge in [0.1, 0.15) is 18.5 Å². The van der Waals surface area contributed by atoms with Crippen LogP contribution < -0.4 is 4.74 Å². The number of benzene rings is 1. The van der Waals surface area contributed by atoms with Crippen molar-refractivity contribution in [1.29, 1.82) is 0 Å². The van der Waals surface area contributed by atoms with E-state index in [4.69, 9.17) is 4.74 Å². The summed E-state index contributed by atoms with van der Waals surface area (Å²) in [5.41, 5.74) is 1.93. The number of aliphatic hydroxyl groups excluding tert-OH is 1. The van der Waals surface area contributed by atoms with Crippen molar-refractivity contribution in [2.24, 2.45) is 5.41 Å². The number of ether oxygens (including phenoxy) is 1. The second kappa shape index (κ2) is 9.78. The average molecular weight is 402 g/mol. The topological polar surface area (TPSA) is 39.2 Å². The van der Waals surface area contributed by atoms with Crippen LogP contribution in [-0.4, -0.2) is 85.4 Å². The summed E-state index contributed by atoms with van der Waals surface area (Å²) in [7, 11) is 2.25. The zero-order valence-corrected chi connectivity index (χ0v) is 18.2. The molecular weight excluding hydrogens is 362 g/mol. The minimum Gasteiger partial charge on any atom is -0.491 e. The van der Waals surface area contributed by atoms with E-state index in [2.05, 4.69) is 46.0 Å². The fourth-order valence-corrected chi connectivity index (χ4v) is 5.30. The van der Waals surface area contributed by atoms with E-state index in [1.54, 1.807) is 0 Å². The van der Waals surface area contributed by atoms with Crippen molar-refractivity contribution in [3.05, 3.63) is 29.8 Å². The normalized spacial score (nSPS) is 24.8. The Bertz CT molecular complexity index is 622. The number of β-amino-alcohol motifs (C(OH)–C–C–N with tert-alkyl or cyclic N) is 1. The smallest absolute Gasteiger partial charge is 0.119 e. The molecule has 1 aromatic carbocycles. The van der Waals surface area contributed by atoms with Crippen molar-refractivity contribution < 1.29 is 9.84 Å². The predicted octanol–water partition coefficient (Wildman–Crippen LogP) is 2.83. The van der Waals surface area contributed by atoms with Crippen LogP contribution in [0.4, 0.5) is 0 Å². The highest BCUT2D eigenvalue weighted by Gasteiger charge is 2.39. The van der Waals surface area contributed by atoms with Gasteiger partial charge in [0, 0.05) is 19.6 Å². The van der Waals surface area contributed by atoms with E-state index in [1.807, 2.05) is 0 Å². The maximum absolute atomic E-state index is 10.3. The first kappa shape index (κ1) is 21.1. The van der Waals surface area contributed by atoms with Crippen LogP contribution in [0.3, 0.4) is 0 Å². The van der Waals surface area contributed by atoms with E-state index >= 15 is 0 Å². The van der Waals surface area contributed by atoms with Gasteiger partial charge in [0.25, 0.3) is 0 Å². The molecule has 0 saturated carbocycles. The Balaban J connectivity index is 1.19. The molecule has 3 saturated heterocycles. The highest BCUT2D eigenvalue weighted by atomic mass is 16.5. The molecule has 3 heterocycles. The Hall–Kier alpha value is -1.14. The molecule has 1 unspecified atom stereocenters. The SMILES string of the molecule is CN1CCC2(CC1)CCN(Cc1ccc(OCC(O)CN3CCCCC3)cc1)C2. The molecule has 0 radical (unpaired) electrons. The van der Waals surface area contributed by atoms with Crippen molar-refractivity contribution in [3.63, 3.8) is 0 Å². The second-order valence-electron chi connectivity index (χ2n) is 9.73. The van der Waals surface area contributed by atoms with Crippen LogP contribution >= 0.6 is 0 Å². The molecule has 1 spiro atoms. The van der Waals surface area contributed by atoms with Gasteiger partial charge in [0.15, 0.2) is 0 Å². The molecule has 0 bridgehead atoms. The molecule has 162 valence electrons. The van der Waals surface area contributed by atoms with Crippen LogP contribution in [0, 0.1) is 5.41 Å². The predicted molar refractivity (Wildman–Crippen MR) is 117 cm³/mol. The van der Waals surface area contributed by atoms with Crippen molar-refractivity contribution in [2.45, 2.75) is 51.2 Å². The van der Waals surface area contributed by atoms with E-state index < -0.39 is 6.10 Å². The minimum absolute atomic E-state index is 0.374.